The largest absolute Gasteiger partial charge is 0.294 e. The van der Waals surface area contributed by atoms with Gasteiger partial charge in [0.25, 0.3) is 0 Å². The lowest BCUT2D eigenvalue weighted by atomic mass is 9.63. The molecule has 0 radical (unpaired) electrons. The van der Waals surface area contributed by atoms with E-state index in [2.05, 4.69) is 31.2 Å². The smallest absolute Gasteiger partial charge is 0.163 e. The summed E-state index contributed by atoms with van der Waals surface area (Å²) < 4.78 is 0. The van der Waals surface area contributed by atoms with Gasteiger partial charge in [-0.15, -0.1) is 0 Å². The van der Waals surface area contributed by atoms with E-state index in [1.807, 2.05) is 0 Å². The molecule has 2 unspecified atom stereocenters. The molecule has 92 valence electrons. The lowest BCUT2D eigenvalue weighted by Gasteiger charge is -2.39. The Labute approximate surface area is 108 Å². The number of aryl methyl sites for hydroxylation is 1. The Hall–Kier alpha value is -1.37. The molecule has 0 N–H and O–H groups in total. The molecular weight excluding hydrogens is 220 g/mol. The minimum atomic E-state index is 0.281. The van der Waals surface area contributed by atoms with E-state index in [-0.39, 0.29) is 5.41 Å². The maximum atomic E-state index is 12.5. The van der Waals surface area contributed by atoms with E-state index < -0.39 is 0 Å². The van der Waals surface area contributed by atoms with E-state index in [0.29, 0.717) is 5.78 Å². The molecule has 0 heterocycles. The zero-order valence-corrected chi connectivity index (χ0v) is 10.8. The Balaban J connectivity index is 1.79. The number of ketones is 1. The normalized spacial score (nSPS) is 32.8. The molecule has 1 aromatic carbocycles. The van der Waals surface area contributed by atoms with Crippen LogP contribution in [0.25, 0.3) is 0 Å². The fraction of sp³-hybridized carbons (Fsp3) is 0.471. The predicted octanol–water partition coefficient (Wildman–Crippen LogP) is 3.85. The molecule has 0 aromatic heterocycles. The Kier molecular flexibility index (Phi) is 1.96. The highest BCUT2D eigenvalue weighted by Crippen LogP contribution is 2.58. The van der Waals surface area contributed by atoms with E-state index in [4.69, 9.17) is 0 Å². The summed E-state index contributed by atoms with van der Waals surface area (Å²) in [6.45, 7) is 2.07. The van der Waals surface area contributed by atoms with Gasteiger partial charge in [0.05, 0.1) is 0 Å². The van der Waals surface area contributed by atoms with Crippen LogP contribution in [0.2, 0.25) is 0 Å². The first-order valence-electron chi connectivity index (χ1n) is 6.97. The number of Topliss-reactive ketones (excluding diaryl/α,β-unsaturated/α-hetero) is 1. The minimum absolute atomic E-state index is 0.281. The summed E-state index contributed by atoms with van der Waals surface area (Å²) in [5.41, 5.74) is 5.39. The van der Waals surface area contributed by atoms with Crippen molar-refractivity contribution in [3.05, 3.63) is 46.5 Å². The molecule has 1 saturated carbocycles. The van der Waals surface area contributed by atoms with Gasteiger partial charge in [-0.2, -0.15) is 0 Å². The summed E-state index contributed by atoms with van der Waals surface area (Å²) >= 11 is 0. The van der Waals surface area contributed by atoms with Gasteiger partial charge in [-0.05, 0) is 55.6 Å². The number of hydrogen-bond acceptors (Lipinski definition) is 1. The fourth-order valence-electron chi connectivity index (χ4n) is 4.37. The Morgan fingerprint density at radius 1 is 1.22 bits per heavy atom. The summed E-state index contributed by atoms with van der Waals surface area (Å²) in [5.74, 6) is 1.12. The summed E-state index contributed by atoms with van der Waals surface area (Å²) in [7, 11) is 0. The van der Waals surface area contributed by atoms with Crippen molar-refractivity contribution in [2.75, 3.05) is 0 Å². The summed E-state index contributed by atoms with van der Waals surface area (Å²) in [4.78, 5) is 12.5. The molecule has 3 aliphatic rings. The molecule has 1 nitrogen and oxygen atoms in total. The van der Waals surface area contributed by atoms with Crippen LogP contribution in [0.4, 0.5) is 0 Å². The standard InChI is InChI=1S/C17H18O/c1-11-2-4-13-9-17(10-16(18)15(13)6-11)8-12-3-5-14(17)7-12/h2-4,6,14H,5,7-10H2,1H3. The van der Waals surface area contributed by atoms with Crippen molar-refractivity contribution in [3.8, 4) is 0 Å². The molecule has 2 bridgehead atoms. The summed E-state index contributed by atoms with van der Waals surface area (Å²) in [6, 6.07) is 6.42. The van der Waals surface area contributed by atoms with Crippen LogP contribution < -0.4 is 0 Å². The van der Waals surface area contributed by atoms with Crippen LogP contribution in [0, 0.1) is 18.3 Å². The highest BCUT2D eigenvalue weighted by atomic mass is 16.1. The third-order valence-corrected chi connectivity index (χ3v) is 5.27. The average Bonchev–Trinajstić information content (AvgIpc) is 2.91. The van der Waals surface area contributed by atoms with Crippen molar-refractivity contribution in [3.63, 3.8) is 0 Å². The molecule has 1 aromatic rings. The molecular formula is C17H18O. The first-order chi connectivity index (χ1) is 8.66. The topological polar surface area (TPSA) is 17.1 Å². The quantitative estimate of drug-likeness (QED) is 0.627. The first-order valence-corrected chi connectivity index (χ1v) is 6.97. The molecule has 0 amide bonds. The molecule has 3 aliphatic carbocycles. The third kappa shape index (κ3) is 1.31. The molecule has 1 heteroatoms. The number of rotatable bonds is 0. The van der Waals surface area contributed by atoms with Crippen LogP contribution in [0.5, 0.6) is 0 Å². The van der Waals surface area contributed by atoms with E-state index in [0.717, 1.165) is 24.3 Å². The number of carbonyl (C=O) groups is 1. The van der Waals surface area contributed by atoms with Crippen molar-refractivity contribution in [2.24, 2.45) is 11.3 Å². The van der Waals surface area contributed by atoms with Gasteiger partial charge in [-0.1, -0.05) is 29.3 Å². The van der Waals surface area contributed by atoms with E-state index in [9.17, 15) is 4.79 Å². The van der Waals surface area contributed by atoms with Crippen molar-refractivity contribution in [1.82, 2.24) is 0 Å². The molecule has 0 saturated heterocycles. The van der Waals surface area contributed by atoms with Gasteiger partial charge < -0.3 is 0 Å². The predicted molar refractivity (Wildman–Crippen MR) is 71.7 cm³/mol. The lowest BCUT2D eigenvalue weighted by molar-refractivity contribution is 0.0823. The second kappa shape index (κ2) is 3.34. The van der Waals surface area contributed by atoms with Crippen molar-refractivity contribution in [1.29, 1.82) is 0 Å². The van der Waals surface area contributed by atoms with Crippen LogP contribution in [0.15, 0.2) is 29.8 Å². The average molecular weight is 238 g/mol. The number of fused-ring (bicyclic) bond motifs is 4. The monoisotopic (exact) mass is 238 g/mol. The zero-order chi connectivity index (χ0) is 12.3. The molecule has 1 fully saturated rings. The van der Waals surface area contributed by atoms with E-state index >= 15 is 0 Å². The lowest BCUT2D eigenvalue weighted by Crippen LogP contribution is -2.36. The Bertz CT molecular complexity index is 581. The minimum Gasteiger partial charge on any atom is -0.294 e. The highest BCUT2D eigenvalue weighted by molar-refractivity contribution is 5.99. The van der Waals surface area contributed by atoms with Gasteiger partial charge in [-0.3, -0.25) is 4.79 Å². The second-order valence-corrected chi connectivity index (χ2v) is 6.48. The van der Waals surface area contributed by atoms with Crippen LogP contribution in [0.1, 0.15) is 47.2 Å². The van der Waals surface area contributed by atoms with Gasteiger partial charge >= 0.3 is 0 Å². The molecule has 2 atom stereocenters. The molecule has 1 spiro atoms. The highest BCUT2D eigenvalue weighted by Gasteiger charge is 2.50. The second-order valence-electron chi connectivity index (χ2n) is 6.48. The van der Waals surface area contributed by atoms with E-state index in [1.54, 1.807) is 5.57 Å². The van der Waals surface area contributed by atoms with Gasteiger partial charge in [-0.25, -0.2) is 0 Å². The maximum absolute atomic E-state index is 12.5. The van der Waals surface area contributed by atoms with Crippen molar-refractivity contribution in [2.45, 2.75) is 39.0 Å². The third-order valence-electron chi connectivity index (χ3n) is 5.27. The van der Waals surface area contributed by atoms with Gasteiger partial charge in [0.1, 0.15) is 0 Å². The maximum Gasteiger partial charge on any atom is 0.163 e. The number of benzene rings is 1. The van der Waals surface area contributed by atoms with Crippen molar-refractivity contribution >= 4 is 5.78 Å². The van der Waals surface area contributed by atoms with Gasteiger partial charge in [0, 0.05) is 12.0 Å². The number of allylic oxidation sites excluding steroid dienone is 2. The fourth-order valence-corrected chi connectivity index (χ4v) is 4.37. The van der Waals surface area contributed by atoms with Crippen LogP contribution >= 0.6 is 0 Å². The van der Waals surface area contributed by atoms with Gasteiger partial charge in [0.2, 0.25) is 0 Å². The molecule has 0 aliphatic heterocycles. The SMILES string of the molecule is Cc1ccc2c(c1)C(=O)CC1(CC3=CCC1C3)C2. The molecule has 18 heavy (non-hydrogen) atoms. The number of hydrogen-bond donors (Lipinski definition) is 0. The van der Waals surface area contributed by atoms with Crippen molar-refractivity contribution < 1.29 is 4.79 Å². The van der Waals surface area contributed by atoms with E-state index in [1.165, 1.54) is 30.4 Å². The number of carbonyl (C=O) groups excluding carboxylic acids is 1. The summed E-state index contributed by atoms with van der Waals surface area (Å²) in [6.07, 6.45) is 7.96. The zero-order valence-electron chi connectivity index (χ0n) is 10.8. The van der Waals surface area contributed by atoms with Gasteiger partial charge in [0.15, 0.2) is 5.78 Å². The Morgan fingerprint density at radius 3 is 2.83 bits per heavy atom. The van der Waals surface area contributed by atoms with Crippen LogP contribution in [0.3, 0.4) is 0 Å². The summed E-state index contributed by atoms with van der Waals surface area (Å²) in [5, 5.41) is 0. The van der Waals surface area contributed by atoms with Crippen LogP contribution in [-0.4, -0.2) is 5.78 Å². The first kappa shape index (κ1) is 10.5. The van der Waals surface area contributed by atoms with Crippen LogP contribution in [-0.2, 0) is 6.42 Å². The Morgan fingerprint density at radius 2 is 2.11 bits per heavy atom. The molecule has 4 rings (SSSR count).